The smallest absolute Gasteiger partial charge is 0.0679 e. The van der Waals surface area contributed by atoms with Crippen LogP contribution in [0.4, 0.5) is 0 Å². The first-order valence-electron chi connectivity index (χ1n) is 18.7. The normalized spacial score (nSPS) is 22.3. The number of hydrogen-bond donors (Lipinski definition) is 0. The van der Waals surface area contributed by atoms with E-state index in [2.05, 4.69) is 158 Å². The molecule has 2 heteroatoms. The third-order valence-corrected chi connectivity index (χ3v) is 23.0. The summed E-state index contributed by atoms with van der Waals surface area (Å²) in [5.74, 6) is 1.05. The molecule has 0 spiro atoms. The average molecular weight is 671 g/mol. The standard InChI is InChI=1S/C46H62Si2/c1-25(2)39-23-41-35(19-17-21-37(41)45(39)47(13,14)43-31(9)27(5)28(6)32(43)10)36-20-18-22-38-42(36)24-40(26(3)4)46(38)48(15,16)44-33(11)29(7)30(8)34(44)12/h17-26,43-46H,1-16H3. The molecule has 0 fully saturated rings. The first-order valence-corrected chi connectivity index (χ1v) is 25.1. The van der Waals surface area contributed by atoms with Crippen LogP contribution in [0.25, 0.3) is 23.3 Å². The van der Waals surface area contributed by atoms with E-state index in [9.17, 15) is 0 Å². The molecule has 0 saturated carbocycles. The van der Waals surface area contributed by atoms with Gasteiger partial charge >= 0.3 is 0 Å². The topological polar surface area (TPSA) is 0 Å². The molecule has 48 heavy (non-hydrogen) atoms. The van der Waals surface area contributed by atoms with Crippen molar-refractivity contribution in [2.75, 3.05) is 0 Å². The Hall–Kier alpha value is -2.69. The van der Waals surface area contributed by atoms with Crippen LogP contribution < -0.4 is 0 Å². The minimum atomic E-state index is -1.87. The second-order valence-corrected chi connectivity index (χ2v) is 27.4. The van der Waals surface area contributed by atoms with Crippen molar-refractivity contribution >= 4 is 28.3 Å². The van der Waals surface area contributed by atoms with Gasteiger partial charge in [-0.25, -0.2) is 0 Å². The van der Waals surface area contributed by atoms with Crippen LogP contribution in [0.1, 0.15) is 116 Å². The van der Waals surface area contributed by atoms with Crippen LogP contribution in [0, 0.1) is 11.8 Å². The lowest BCUT2D eigenvalue weighted by Crippen LogP contribution is -2.42. The highest BCUT2D eigenvalue weighted by Gasteiger charge is 2.50. The largest absolute Gasteiger partial charge is 0.0718 e. The van der Waals surface area contributed by atoms with Gasteiger partial charge in [0.2, 0.25) is 0 Å². The molecule has 2 aromatic rings. The number of allylic oxidation sites excluding steroid dienone is 10. The Morgan fingerprint density at radius 3 is 1.00 bits per heavy atom. The molecule has 0 bridgehead atoms. The first kappa shape index (κ1) is 35.2. The summed E-state index contributed by atoms with van der Waals surface area (Å²) in [6.07, 6.45) is 5.29. The van der Waals surface area contributed by atoms with E-state index in [-0.39, 0.29) is 0 Å². The molecule has 4 aliphatic carbocycles. The zero-order chi connectivity index (χ0) is 35.4. The van der Waals surface area contributed by atoms with Crippen LogP contribution in [-0.4, -0.2) is 16.1 Å². The lowest BCUT2D eigenvalue weighted by atomic mass is 9.92. The zero-order valence-corrected chi connectivity index (χ0v) is 35.1. The second kappa shape index (κ2) is 12.0. The van der Waals surface area contributed by atoms with Gasteiger partial charge in [0.15, 0.2) is 0 Å². The van der Waals surface area contributed by atoms with E-state index in [1.54, 1.807) is 44.6 Å². The van der Waals surface area contributed by atoms with Crippen LogP contribution in [0.2, 0.25) is 37.3 Å². The van der Waals surface area contributed by atoms with Gasteiger partial charge in [-0.15, -0.1) is 0 Å². The van der Waals surface area contributed by atoms with E-state index >= 15 is 0 Å². The van der Waals surface area contributed by atoms with Crippen molar-refractivity contribution in [1.29, 1.82) is 0 Å². The third kappa shape index (κ3) is 4.94. The van der Waals surface area contributed by atoms with Crippen molar-refractivity contribution in [2.24, 2.45) is 11.8 Å². The summed E-state index contributed by atoms with van der Waals surface area (Å²) in [5, 5.41) is 0. The Morgan fingerprint density at radius 2 is 0.729 bits per heavy atom. The molecule has 0 aliphatic heterocycles. The van der Waals surface area contributed by atoms with Crippen LogP contribution in [0.5, 0.6) is 0 Å². The molecule has 0 radical (unpaired) electrons. The minimum absolute atomic E-state index is 0.523. The van der Waals surface area contributed by atoms with Crippen LogP contribution in [-0.2, 0) is 0 Å². The zero-order valence-electron chi connectivity index (χ0n) is 33.1. The van der Waals surface area contributed by atoms with Gasteiger partial charge in [-0.1, -0.05) is 136 Å². The Bertz CT molecular complexity index is 1720. The number of fused-ring (bicyclic) bond motifs is 2. The maximum Gasteiger partial charge on any atom is 0.0718 e. The van der Waals surface area contributed by atoms with Crippen molar-refractivity contribution in [2.45, 2.75) is 131 Å². The Balaban J connectivity index is 1.52. The van der Waals surface area contributed by atoms with Gasteiger partial charge < -0.3 is 0 Å². The number of rotatable bonds is 7. The molecule has 2 unspecified atom stereocenters. The average Bonchev–Trinajstić information content (AvgIpc) is 3.72. The van der Waals surface area contributed by atoms with Gasteiger partial charge in [-0.3, -0.25) is 0 Å². The molecule has 2 atom stereocenters. The lowest BCUT2D eigenvalue weighted by Gasteiger charge is -2.41. The summed E-state index contributed by atoms with van der Waals surface area (Å²) in [4.78, 5) is 0. The second-order valence-electron chi connectivity index (χ2n) is 17.8. The molecule has 4 aliphatic rings. The predicted molar refractivity (Wildman–Crippen MR) is 219 cm³/mol. The SMILES string of the molecule is CC1=C(C)C([Si](C)(C)C2C(C(C)C)=Cc3c(-c4cccc5c4C=C(C(C)C)C5[Si](C)(C)C4C(C)=C(C)C(C)=C4C)cccc32)C(C)=C1C. The molecular formula is C46H62Si2. The Labute approximate surface area is 295 Å². The molecule has 254 valence electrons. The van der Waals surface area contributed by atoms with E-state index in [1.807, 2.05) is 0 Å². The molecule has 0 saturated heterocycles. The minimum Gasteiger partial charge on any atom is -0.0679 e. The molecule has 0 N–H and O–H groups in total. The Morgan fingerprint density at radius 1 is 0.438 bits per heavy atom. The summed E-state index contributed by atoms with van der Waals surface area (Å²) in [7, 11) is -3.74. The van der Waals surface area contributed by atoms with E-state index in [1.165, 1.54) is 44.5 Å². The Kier molecular flexibility index (Phi) is 8.77. The third-order valence-electron chi connectivity index (χ3n) is 14.0. The van der Waals surface area contributed by atoms with E-state index in [0.717, 1.165) is 0 Å². The fraction of sp³-hybridized carbons (Fsp3) is 0.478. The van der Waals surface area contributed by atoms with Crippen molar-refractivity contribution in [3.63, 3.8) is 0 Å². The molecule has 0 heterocycles. The maximum atomic E-state index is 2.69. The molecule has 0 amide bonds. The van der Waals surface area contributed by atoms with Crippen LogP contribution in [0.15, 0.2) is 92.1 Å². The van der Waals surface area contributed by atoms with Crippen LogP contribution in [0.3, 0.4) is 0 Å². The van der Waals surface area contributed by atoms with Gasteiger partial charge in [-0.05, 0) is 134 Å². The van der Waals surface area contributed by atoms with Crippen molar-refractivity contribution in [3.05, 3.63) is 114 Å². The molecule has 0 nitrogen and oxygen atoms in total. The molecule has 6 rings (SSSR count). The predicted octanol–water partition coefficient (Wildman–Crippen LogP) is 14.2. The summed E-state index contributed by atoms with van der Waals surface area (Å²) in [5.41, 5.74) is 27.3. The van der Waals surface area contributed by atoms with Crippen molar-refractivity contribution in [1.82, 2.24) is 0 Å². The lowest BCUT2D eigenvalue weighted by molar-refractivity contribution is 0.731. The highest BCUT2D eigenvalue weighted by Crippen LogP contribution is 2.59. The fourth-order valence-corrected chi connectivity index (χ4v) is 21.9. The quantitative estimate of drug-likeness (QED) is 0.257. The number of hydrogen-bond acceptors (Lipinski definition) is 0. The first-order chi connectivity index (χ1) is 22.3. The molecule has 0 aromatic heterocycles. The van der Waals surface area contributed by atoms with E-state index < -0.39 is 16.1 Å². The van der Waals surface area contributed by atoms with E-state index in [0.29, 0.717) is 34.0 Å². The highest BCUT2D eigenvalue weighted by atomic mass is 28.3. The van der Waals surface area contributed by atoms with Gasteiger partial charge in [-0.2, -0.15) is 0 Å². The maximum absolute atomic E-state index is 2.69. The van der Waals surface area contributed by atoms with E-state index in [4.69, 9.17) is 0 Å². The molecule has 2 aromatic carbocycles. The van der Waals surface area contributed by atoms with Gasteiger partial charge in [0.25, 0.3) is 0 Å². The summed E-state index contributed by atoms with van der Waals surface area (Å²) in [6, 6.07) is 14.6. The summed E-state index contributed by atoms with van der Waals surface area (Å²) in [6.45, 7) is 39.6. The monoisotopic (exact) mass is 670 g/mol. The van der Waals surface area contributed by atoms with Gasteiger partial charge in [0.05, 0.1) is 16.1 Å². The van der Waals surface area contributed by atoms with Crippen LogP contribution >= 0.6 is 0 Å². The van der Waals surface area contributed by atoms with Crippen molar-refractivity contribution in [3.8, 4) is 11.1 Å². The fourth-order valence-electron chi connectivity index (χ4n) is 11.2. The highest BCUT2D eigenvalue weighted by molar-refractivity contribution is 6.83. The molecular weight excluding hydrogens is 609 g/mol. The van der Waals surface area contributed by atoms with Crippen molar-refractivity contribution < 1.29 is 0 Å². The summed E-state index contributed by atoms with van der Waals surface area (Å²) < 4.78 is 0. The van der Waals surface area contributed by atoms with Gasteiger partial charge in [0, 0.05) is 11.1 Å². The summed E-state index contributed by atoms with van der Waals surface area (Å²) >= 11 is 0. The number of benzene rings is 2. The van der Waals surface area contributed by atoms with Gasteiger partial charge in [0.1, 0.15) is 0 Å².